The van der Waals surface area contributed by atoms with Crippen LogP contribution in [-0.4, -0.2) is 25.9 Å². The molecule has 1 aromatic heterocycles. The highest BCUT2D eigenvalue weighted by Gasteiger charge is 2.34. The van der Waals surface area contributed by atoms with E-state index in [1.807, 2.05) is 0 Å². The minimum absolute atomic E-state index is 0.0667. The average Bonchev–Trinajstić information content (AvgIpc) is 3.19. The van der Waals surface area contributed by atoms with Crippen molar-refractivity contribution >= 4 is 38.1 Å². The first-order chi connectivity index (χ1) is 14.5. The third-order valence-corrected chi connectivity index (χ3v) is 5.89. The number of anilines is 2. The molecule has 0 fully saturated rings. The van der Waals surface area contributed by atoms with Crippen LogP contribution >= 0.6 is 11.3 Å². The zero-order chi connectivity index (χ0) is 22.6. The quantitative estimate of drug-likeness (QED) is 0.501. The summed E-state index contributed by atoms with van der Waals surface area (Å²) in [6.07, 6.45) is -3.46. The summed E-state index contributed by atoms with van der Waals surface area (Å²) in [4.78, 5) is 15.7. The molecule has 0 aliphatic rings. The first-order valence-corrected chi connectivity index (χ1v) is 10.7. The Labute approximate surface area is 177 Å². The van der Waals surface area contributed by atoms with E-state index in [1.165, 1.54) is 30.5 Å². The smallest absolute Gasteiger partial charge is 0.419 e. The van der Waals surface area contributed by atoms with Gasteiger partial charge in [-0.15, -0.1) is 11.3 Å². The van der Waals surface area contributed by atoms with Gasteiger partial charge in [-0.25, -0.2) is 17.8 Å². The van der Waals surface area contributed by atoms with Gasteiger partial charge in [-0.1, -0.05) is 0 Å². The van der Waals surface area contributed by atoms with Crippen molar-refractivity contribution in [1.82, 2.24) is 4.98 Å². The number of rotatable bonds is 7. The van der Waals surface area contributed by atoms with Crippen molar-refractivity contribution in [3.05, 3.63) is 65.4 Å². The molecule has 1 heterocycles. The molecule has 0 saturated carbocycles. The summed E-state index contributed by atoms with van der Waals surface area (Å²) in [5, 5.41) is 4.21. The highest BCUT2D eigenvalue weighted by molar-refractivity contribution is 7.93. The summed E-state index contributed by atoms with van der Waals surface area (Å²) >= 11 is 1.11. The van der Waals surface area contributed by atoms with Crippen molar-refractivity contribution in [3.63, 3.8) is 0 Å². The Morgan fingerprint density at radius 1 is 1.13 bits per heavy atom. The van der Waals surface area contributed by atoms with Gasteiger partial charge < -0.3 is 10.1 Å². The number of hydrogen-bond acceptors (Lipinski definition) is 6. The largest absolute Gasteiger partial charge is 0.484 e. The van der Waals surface area contributed by atoms with Gasteiger partial charge in [0.15, 0.2) is 11.7 Å². The molecule has 0 aliphatic heterocycles. The van der Waals surface area contributed by atoms with Crippen LogP contribution in [0.4, 0.5) is 28.4 Å². The van der Waals surface area contributed by atoms with Crippen molar-refractivity contribution in [3.8, 4) is 5.75 Å². The third kappa shape index (κ3) is 5.92. The highest BCUT2D eigenvalue weighted by Crippen LogP contribution is 2.33. The van der Waals surface area contributed by atoms with Crippen molar-refractivity contribution in [2.45, 2.75) is 11.1 Å². The van der Waals surface area contributed by atoms with Gasteiger partial charge in [-0.05, 0) is 42.5 Å². The molecule has 1 amide bonds. The molecule has 0 radical (unpaired) electrons. The Morgan fingerprint density at radius 3 is 2.45 bits per heavy atom. The number of halogens is 4. The molecule has 2 N–H and O–H groups in total. The second-order valence-electron chi connectivity index (χ2n) is 5.94. The Balaban J connectivity index is 1.59. The van der Waals surface area contributed by atoms with E-state index in [-0.39, 0.29) is 21.5 Å². The van der Waals surface area contributed by atoms with Gasteiger partial charge in [0.1, 0.15) is 11.6 Å². The van der Waals surface area contributed by atoms with E-state index < -0.39 is 40.1 Å². The number of ether oxygens (including phenoxy) is 1. The molecule has 3 rings (SSSR count). The molecule has 0 aliphatic carbocycles. The van der Waals surface area contributed by atoms with Gasteiger partial charge in [0.05, 0.1) is 10.5 Å². The van der Waals surface area contributed by atoms with Crippen LogP contribution in [0.25, 0.3) is 0 Å². The summed E-state index contributed by atoms with van der Waals surface area (Å²) in [5.74, 6) is -2.50. The third-order valence-electron chi connectivity index (χ3n) is 3.72. The first-order valence-electron chi connectivity index (χ1n) is 8.36. The number of aromatic nitrogens is 1. The van der Waals surface area contributed by atoms with Gasteiger partial charge >= 0.3 is 6.18 Å². The zero-order valence-corrected chi connectivity index (χ0v) is 16.9. The molecule has 2 aromatic carbocycles. The minimum Gasteiger partial charge on any atom is -0.484 e. The molecule has 0 saturated heterocycles. The summed E-state index contributed by atoms with van der Waals surface area (Å²) in [6.45, 7) is -0.644. The number of carbonyl (C=O) groups excluding carboxylic acids is 1. The fourth-order valence-corrected chi connectivity index (χ4v) is 4.11. The molecular weight excluding hydrogens is 462 g/mol. The van der Waals surface area contributed by atoms with E-state index in [0.717, 1.165) is 17.4 Å². The SMILES string of the molecule is O=C(COc1ccc(F)c(C(F)(F)F)c1)Nc1ccc(S(=O)(=O)Nc2nccs2)cc1. The molecule has 0 unspecified atom stereocenters. The van der Waals surface area contributed by atoms with E-state index in [0.29, 0.717) is 12.1 Å². The summed E-state index contributed by atoms with van der Waals surface area (Å²) < 4.78 is 83.2. The lowest BCUT2D eigenvalue weighted by Gasteiger charge is -2.11. The van der Waals surface area contributed by atoms with Crippen molar-refractivity contribution < 1.29 is 35.5 Å². The fraction of sp³-hybridized carbons (Fsp3) is 0.111. The predicted molar refractivity (Wildman–Crippen MR) is 105 cm³/mol. The van der Waals surface area contributed by atoms with Crippen LogP contribution in [0.15, 0.2) is 58.9 Å². The van der Waals surface area contributed by atoms with Gasteiger partial charge in [0.2, 0.25) is 0 Å². The lowest BCUT2D eigenvalue weighted by atomic mass is 10.2. The monoisotopic (exact) mass is 475 g/mol. The van der Waals surface area contributed by atoms with Crippen molar-refractivity contribution in [2.24, 2.45) is 0 Å². The van der Waals surface area contributed by atoms with Crippen LogP contribution in [-0.2, 0) is 21.0 Å². The number of alkyl halides is 3. The van der Waals surface area contributed by atoms with E-state index >= 15 is 0 Å². The van der Waals surface area contributed by atoms with Crippen LogP contribution in [0.5, 0.6) is 5.75 Å². The molecule has 0 bridgehead atoms. The van der Waals surface area contributed by atoms with Gasteiger partial charge in [0.25, 0.3) is 15.9 Å². The topological polar surface area (TPSA) is 97.4 Å². The maximum Gasteiger partial charge on any atom is 0.419 e. The lowest BCUT2D eigenvalue weighted by molar-refractivity contribution is -0.140. The second-order valence-corrected chi connectivity index (χ2v) is 8.52. The summed E-state index contributed by atoms with van der Waals surface area (Å²) in [7, 11) is -3.86. The first kappa shape index (κ1) is 22.5. The number of benzene rings is 2. The molecule has 7 nitrogen and oxygen atoms in total. The standard InChI is InChI=1S/C18H13F4N3O4S2/c19-15-6-3-12(9-14(15)18(20,21)22)29-10-16(26)24-11-1-4-13(5-2-11)31(27,28)25-17-23-7-8-30-17/h1-9H,10H2,(H,23,25)(H,24,26). The number of sulfonamides is 1. The zero-order valence-electron chi connectivity index (χ0n) is 15.3. The second kappa shape index (κ2) is 8.89. The molecule has 0 atom stereocenters. The van der Waals surface area contributed by atoms with Gasteiger partial charge in [-0.2, -0.15) is 13.2 Å². The Morgan fingerprint density at radius 2 is 1.84 bits per heavy atom. The molecule has 164 valence electrons. The Hall–Kier alpha value is -3.19. The highest BCUT2D eigenvalue weighted by atomic mass is 32.2. The Kier molecular flexibility index (Phi) is 6.45. The van der Waals surface area contributed by atoms with Gasteiger partial charge in [-0.3, -0.25) is 9.52 Å². The van der Waals surface area contributed by atoms with E-state index in [9.17, 15) is 30.8 Å². The number of carbonyl (C=O) groups is 1. The average molecular weight is 475 g/mol. The molecule has 13 heteroatoms. The van der Waals surface area contributed by atoms with Crippen LogP contribution in [0, 0.1) is 5.82 Å². The molecule has 3 aromatic rings. The van der Waals surface area contributed by atoms with E-state index in [1.54, 1.807) is 5.38 Å². The number of nitrogens with zero attached hydrogens (tertiary/aromatic N) is 1. The normalized spacial score (nSPS) is 11.7. The van der Waals surface area contributed by atoms with Gasteiger partial charge in [0, 0.05) is 17.3 Å². The minimum atomic E-state index is -4.90. The lowest BCUT2D eigenvalue weighted by Crippen LogP contribution is -2.20. The number of nitrogens with one attached hydrogen (secondary N) is 2. The summed E-state index contributed by atoms with van der Waals surface area (Å²) in [5.41, 5.74) is -1.27. The predicted octanol–water partition coefficient (Wildman–Crippen LogP) is 4.12. The maximum absolute atomic E-state index is 13.3. The van der Waals surface area contributed by atoms with Crippen LogP contribution in [0.1, 0.15) is 5.56 Å². The number of hydrogen-bond donors (Lipinski definition) is 2. The van der Waals surface area contributed by atoms with Crippen LogP contribution < -0.4 is 14.8 Å². The van der Waals surface area contributed by atoms with E-state index in [2.05, 4.69) is 15.0 Å². The summed E-state index contributed by atoms with van der Waals surface area (Å²) in [6, 6.07) is 7.17. The van der Waals surface area contributed by atoms with E-state index in [4.69, 9.17) is 4.74 Å². The Bertz CT molecular complexity index is 1170. The molecule has 31 heavy (non-hydrogen) atoms. The number of amides is 1. The molecule has 0 spiro atoms. The number of thiazole rings is 1. The van der Waals surface area contributed by atoms with Crippen molar-refractivity contribution in [1.29, 1.82) is 0 Å². The van der Waals surface area contributed by atoms with Crippen LogP contribution in [0.3, 0.4) is 0 Å². The van der Waals surface area contributed by atoms with Crippen molar-refractivity contribution in [2.75, 3.05) is 16.6 Å². The fourth-order valence-electron chi connectivity index (χ4n) is 2.32. The maximum atomic E-state index is 13.3. The molecular formula is C18H13F4N3O4S2. The van der Waals surface area contributed by atoms with Crippen LogP contribution in [0.2, 0.25) is 0 Å².